The predicted molar refractivity (Wildman–Crippen MR) is 93.8 cm³/mol. The van der Waals surface area contributed by atoms with Crippen LogP contribution >= 0.6 is 0 Å². The Morgan fingerprint density at radius 1 is 1.08 bits per heavy atom. The van der Waals surface area contributed by atoms with Crippen molar-refractivity contribution in [3.8, 4) is 0 Å². The summed E-state index contributed by atoms with van der Waals surface area (Å²) in [5, 5.41) is 2.78. The molecule has 0 unspecified atom stereocenters. The van der Waals surface area contributed by atoms with Gasteiger partial charge in [-0.2, -0.15) is 0 Å². The minimum absolute atomic E-state index is 0.108. The average Bonchev–Trinajstić information content (AvgIpc) is 2.52. The monoisotopic (exact) mass is 329 g/mol. The van der Waals surface area contributed by atoms with E-state index in [0.29, 0.717) is 11.3 Å². The number of hydrogen-bond donors (Lipinski definition) is 1. The highest BCUT2D eigenvalue weighted by Gasteiger charge is 2.21. The van der Waals surface area contributed by atoms with Crippen molar-refractivity contribution in [1.82, 2.24) is 0 Å². The van der Waals surface area contributed by atoms with Crippen LogP contribution in [0.1, 0.15) is 38.1 Å². The van der Waals surface area contributed by atoms with Crippen LogP contribution in [-0.2, 0) is 14.3 Å². The molecule has 1 aromatic rings. The SMILES string of the molecule is CC=CC=CC(=O)OCC(=O)c1ccc(NC(=O)C(C)(C)C)cc1. The molecule has 1 rings (SSSR count). The van der Waals surface area contributed by atoms with Gasteiger partial charge >= 0.3 is 5.97 Å². The number of amides is 1. The number of rotatable bonds is 6. The summed E-state index contributed by atoms with van der Waals surface area (Å²) in [4.78, 5) is 35.2. The molecule has 0 aliphatic carbocycles. The molecule has 24 heavy (non-hydrogen) atoms. The van der Waals surface area contributed by atoms with Crippen molar-refractivity contribution in [3.05, 3.63) is 54.1 Å². The molecule has 0 aliphatic rings. The van der Waals surface area contributed by atoms with Gasteiger partial charge in [-0.1, -0.05) is 39.0 Å². The van der Waals surface area contributed by atoms with E-state index in [0.717, 1.165) is 0 Å². The van der Waals surface area contributed by atoms with Gasteiger partial charge in [0.2, 0.25) is 5.91 Å². The lowest BCUT2D eigenvalue weighted by molar-refractivity contribution is -0.136. The van der Waals surface area contributed by atoms with E-state index in [-0.39, 0.29) is 18.3 Å². The summed E-state index contributed by atoms with van der Waals surface area (Å²) in [7, 11) is 0. The normalized spacial score (nSPS) is 11.7. The van der Waals surface area contributed by atoms with Crippen molar-refractivity contribution in [2.24, 2.45) is 5.41 Å². The smallest absolute Gasteiger partial charge is 0.331 e. The fraction of sp³-hybridized carbons (Fsp3) is 0.316. The third kappa shape index (κ3) is 6.60. The molecule has 128 valence electrons. The molecule has 5 heteroatoms. The number of carbonyl (C=O) groups excluding carboxylic acids is 3. The minimum Gasteiger partial charge on any atom is -0.454 e. The molecule has 5 nitrogen and oxygen atoms in total. The zero-order valence-corrected chi connectivity index (χ0v) is 14.5. The van der Waals surface area contributed by atoms with Crippen LogP contribution in [-0.4, -0.2) is 24.3 Å². The number of hydrogen-bond acceptors (Lipinski definition) is 4. The molecule has 0 bridgehead atoms. The van der Waals surface area contributed by atoms with Gasteiger partial charge in [-0.05, 0) is 31.2 Å². The van der Waals surface area contributed by atoms with Crippen LogP contribution in [0.3, 0.4) is 0 Å². The van der Waals surface area contributed by atoms with Crippen LogP contribution < -0.4 is 5.32 Å². The van der Waals surface area contributed by atoms with Crippen molar-refractivity contribution in [2.45, 2.75) is 27.7 Å². The van der Waals surface area contributed by atoms with E-state index in [1.54, 1.807) is 42.5 Å². The maximum Gasteiger partial charge on any atom is 0.331 e. The van der Waals surface area contributed by atoms with Gasteiger partial charge in [0.25, 0.3) is 0 Å². The first-order valence-corrected chi connectivity index (χ1v) is 7.65. The van der Waals surface area contributed by atoms with Gasteiger partial charge in [-0.25, -0.2) is 4.79 Å². The van der Waals surface area contributed by atoms with Crippen LogP contribution in [0.15, 0.2) is 48.6 Å². The number of benzene rings is 1. The first-order chi connectivity index (χ1) is 11.2. The van der Waals surface area contributed by atoms with Crippen LogP contribution in [0.4, 0.5) is 5.69 Å². The number of esters is 1. The highest BCUT2D eigenvalue weighted by molar-refractivity contribution is 5.99. The van der Waals surface area contributed by atoms with Gasteiger partial charge in [-0.15, -0.1) is 0 Å². The van der Waals surface area contributed by atoms with Crippen molar-refractivity contribution >= 4 is 23.3 Å². The Balaban J connectivity index is 2.58. The number of ketones is 1. The van der Waals surface area contributed by atoms with Crippen LogP contribution in [0.5, 0.6) is 0 Å². The Labute approximate surface area is 142 Å². The molecule has 0 atom stereocenters. The van der Waals surface area contributed by atoms with E-state index in [2.05, 4.69) is 5.32 Å². The second kappa shape index (κ2) is 8.82. The second-order valence-corrected chi connectivity index (χ2v) is 6.20. The molecule has 0 aromatic heterocycles. The second-order valence-electron chi connectivity index (χ2n) is 6.20. The van der Waals surface area contributed by atoms with E-state index in [9.17, 15) is 14.4 Å². The Morgan fingerprint density at radius 3 is 2.25 bits per heavy atom. The molecule has 0 saturated heterocycles. The van der Waals surface area contributed by atoms with Gasteiger partial charge in [0, 0.05) is 22.7 Å². The highest BCUT2D eigenvalue weighted by Crippen LogP contribution is 2.17. The summed E-state index contributed by atoms with van der Waals surface area (Å²) in [6.07, 6.45) is 6.25. The molecule has 0 radical (unpaired) electrons. The highest BCUT2D eigenvalue weighted by atomic mass is 16.5. The van der Waals surface area contributed by atoms with Crippen molar-refractivity contribution in [2.75, 3.05) is 11.9 Å². The number of ether oxygens (including phenoxy) is 1. The summed E-state index contributed by atoms with van der Waals surface area (Å²) in [5.74, 6) is -0.990. The van der Waals surface area contributed by atoms with E-state index in [4.69, 9.17) is 4.74 Å². The molecule has 1 aromatic carbocycles. The first-order valence-electron chi connectivity index (χ1n) is 7.65. The molecule has 0 aliphatic heterocycles. The molecular formula is C19H23NO4. The van der Waals surface area contributed by atoms with Crippen molar-refractivity contribution < 1.29 is 19.1 Å². The van der Waals surface area contributed by atoms with Gasteiger partial charge in [0.1, 0.15) is 0 Å². The maximum atomic E-state index is 12.0. The largest absolute Gasteiger partial charge is 0.454 e. The van der Waals surface area contributed by atoms with Gasteiger partial charge in [-0.3, -0.25) is 9.59 Å². The van der Waals surface area contributed by atoms with Crippen LogP contribution in [0.2, 0.25) is 0 Å². The fourth-order valence-corrected chi connectivity index (χ4v) is 1.57. The number of allylic oxidation sites excluding steroid dienone is 3. The zero-order chi connectivity index (χ0) is 18.2. The third-order valence-corrected chi connectivity index (χ3v) is 3.03. The van der Waals surface area contributed by atoms with Gasteiger partial charge in [0.05, 0.1) is 0 Å². The minimum atomic E-state index is -0.574. The standard InChI is InChI=1S/C19H23NO4/c1-5-6-7-8-17(22)24-13-16(21)14-9-11-15(12-10-14)20-18(23)19(2,3)4/h5-12H,13H2,1-4H3,(H,20,23). The molecule has 0 heterocycles. The summed E-state index contributed by atoms with van der Waals surface area (Å²) in [6, 6.07) is 6.46. The molecule has 0 spiro atoms. The quantitative estimate of drug-likeness (QED) is 0.375. The lowest BCUT2D eigenvalue weighted by Crippen LogP contribution is -2.27. The van der Waals surface area contributed by atoms with Crippen LogP contribution in [0, 0.1) is 5.41 Å². The lowest BCUT2D eigenvalue weighted by Gasteiger charge is -2.17. The lowest BCUT2D eigenvalue weighted by atomic mass is 9.95. The first kappa shape index (κ1) is 19.4. The Morgan fingerprint density at radius 2 is 1.71 bits per heavy atom. The van der Waals surface area contributed by atoms with Crippen molar-refractivity contribution in [3.63, 3.8) is 0 Å². The molecule has 1 amide bonds. The predicted octanol–water partition coefficient (Wildman–Crippen LogP) is 3.53. The topological polar surface area (TPSA) is 72.5 Å². The molecular weight excluding hydrogens is 306 g/mol. The van der Waals surface area contributed by atoms with E-state index < -0.39 is 11.4 Å². The maximum absolute atomic E-state index is 12.0. The van der Waals surface area contributed by atoms with Crippen LogP contribution in [0.25, 0.3) is 0 Å². The number of carbonyl (C=O) groups is 3. The molecule has 0 fully saturated rings. The zero-order valence-electron chi connectivity index (χ0n) is 14.5. The fourth-order valence-electron chi connectivity index (χ4n) is 1.57. The van der Waals surface area contributed by atoms with E-state index in [1.165, 1.54) is 6.08 Å². The number of anilines is 1. The Kier molecular flexibility index (Phi) is 7.11. The molecule has 1 N–H and O–H groups in total. The Hall–Kier alpha value is -2.69. The van der Waals surface area contributed by atoms with Crippen molar-refractivity contribution in [1.29, 1.82) is 0 Å². The summed E-state index contributed by atoms with van der Waals surface area (Å²) < 4.78 is 4.87. The summed E-state index contributed by atoms with van der Waals surface area (Å²) >= 11 is 0. The van der Waals surface area contributed by atoms with E-state index in [1.807, 2.05) is 27.7 Å². The molecule has 0 saturated carbocycles. The number of nitrogens with one attached hydrogen (secondary N) is 1. The van der Waals surface area contributed by atoms with Gasteiger partial charge in [0.15, 0.2) is 12.4 Å². The summed E-state index contributed by atoms with van der Waals surface area (Å²) in [6.45, 7) is 6.96. The van der Waals surface area contributed by atoms with E-state index >= 15 is 0 Å². The van der Waals surface area contributed by atoms with Gasteiger partial charge < -0.3 is 10.1 Å². The average molecular weight is 329 g/mol. The number of Topliss-reactive ketones (excluding diaryl/α,β-unsaturated/α-hetero) is 1. The summed E-state index contributed by atoms with van der Waals surface area (Å²) in [5.41, 5.74) is 0.523. The Bertz CT molecular complexity index is 649. The third-order valence-electron chi connectivity index (χ3n) is 3.03.